The van der Waals surface area contributed by atoms with Crippen molar-refractivity contribution in [2.45, 2.75) is 156 Å². The van der Waals surface area contributed by atoms with Crippen molar-refractivity contribution in [3.63, 3.8) is 0 Å². The van der Waals surface area contributed by atoms with Gasteiger partial charge in [-0.1, -0.05) is 174 Å². The molecule has 0 fully saturated rings. The summed E-state index contributed by atoms with van der Waals surface area (Å²) >= 11 is 2.37. The van der Waals surface area contributed by atoms with E-state index in [-0.39, 0.29) is 10.2 Å². The van der Waals surface area contributed by atoms with Crippen molar-refractivity contribution < 1.29 is 0 Å². The quantitative estimate of drug-likeness (QED) is 0.0878. The van der Waals surface area contributed by atoms with Crippen LogP contribution in [-0.4, -0.2) is 37.6 Å². The molecule has 0 N–H and O–H groups in total. The maximum Gasteiger partial charge on any atom is 0.0653 e. The highest BCUT2D eigenvalue weighted by Crippen LogP contribution is 3.26. The number of hydrogen-bond donors (Lipinski definition) is 0. The molecule has 0 saturated heterocycles. The van der Waals surface area contributed by atoms with Crippen molar-refractivity contribution in [1.29, 1.82) is 0 Å². The minimum atomic E-state index is -3.08. The summed E-state index contributed by atoms with van der Waals surface area (Å²) in [6, 6.07) is 0. The molecule has 0 saturated carbocycles. The lowest BCUT2D eigenvalue weighted by atomic mass is 10.0. The first-order chi connectivity index (χ1) is 17.4. The molecule has 0 aromatic carbocycles. The largest absolute Gasteiger partial charge is 0.146 e. The third-order valence-corrected chi connectivity index (χ3v) is 47.6. The Morgan fingerprint density at radius 3 is 1.68 bits per heavy atom. The zero-order valence-electron chi connectivity index (χ0n) is 27.9. The maximum absolute atomic E-state index is 3.08. The van der Waals surface area contributed by atoms with Crippen LogP contribution in [0.3, 0.4) is 0 Å². The van der Waals surface area contributed by atoms with Crippen molar-refractivity contribution in [1.82, 2.24) is 0 Å². The normalized spacial score (nSPS) is 17.1. The van der Waals surface area contributed by atoms with Gasteiger partial charge >= 0.3 is 0 Å². The summed E-state index contributed by atoms with van der Waals surface area (Å²) in [5.41, 5.74) is 0.214. The van der Waals surface area contributed by atoms with Gasteiger partial charge in [-0.3, -0.25) is 0 Å². The predicted octanol–water partition coefficient (Wildman–Crippen LogP) is 14.5. The zero-order chi connectivity index (χ0) is 29.7. The minimum absolute atomic E-state index is 0.184. The van der Waals surface area contributed by atoms with Gasteiger partial charge in [-0.05, 0) is 48.7 Å². The summed E-state index contributed by atoms with van der Waals surface area (Å²) < 4.78 is -2.29. The molecule has 0 amide bonds. The van der Waals surface area contributed by atoms with Crippen molar-refractivity contribution in [3.05, 3.63) is 0 Å². The molecule has 0 bridgehead atoms. The molecule has 0 aliphatic heterocycles. The summed E-state index contributed by atoms with van der Waals surface area (Å²) in [6.45, 7) is 34.8. The molecule has 2 atom stereocenters. The van der Waals surface area contributed by atoms with E-state index in [9.17, 15) is 0 Å². The monoisotopic (exact) mass is 664 g/mol. The molecule has 0 aliphatic rings. The van der Waals surface area contributed by atoms with E-state index < -0.39 is 3.45 Å². The molecule has 234 valence electrons. The van der Waals surface area contributed by atoms with E-state index in [1.807, 2.05) is 0 Å². The Labute approximate surface area is 263 Å². The highest BCUT2D eigenvalue weighted by molar-refractivity contribution is 9.98. The fourth-order valence-electron chi connectivity index (χ4n) is 4.34. The van der Waals surface area contributed by atoms with Gasteiger partial charge in [0.25, 0.3) is 0 Å². The first-order valence-corrected chi connectivity index (χ1v) is 26.2. The van der Waals surface area contributed by atoms with Crippen LogP contribution in [0.25, 0.3) is 0 Å². The lowest BCUT2D eigenvalue weighted by molar-refractivity contribution is 0.459. The van der Waals surface area contributed by atoms with Gasteiger partial charge < -0.3 is 0 Å². The Bertz CT molecular complexity index is 654. The summed E-state index contributed by atoms with van der Waals surface area (Å²) in [5.74, 6) is 6.54. The first-order valence-electron chi connectivity index (χ1n) is 15.4. The first kappa shape index (κ1) is 40.5. The fraction of sp³-hybridized carbons (Fsp3) is 1.00. The summed E-state index contributed by atoms with van der Waals surface area (Å²) in [7, 11) is 12.5. The van der Waals surface area contributed by atoms with Crippen LogP contribution >= 0.6 is 69.2 Å². The topological polar surface area (TPSA) is 0 Å². The predicted molar refractivity (Wildman–Crippen MR) is 204 cm³/mol. The summed E-state index contributed by atoms with van der Waals surface area (Å²) in [4.78, 5) is 0. The van der Waals surface area contributed by atoms with Gasteiger partial charge in [0.05, 0.1) is 4.58 Å². The molecule has 7 heteroatoms. The molecule has 0 aromatic rings. The molecule has 2 unspecified atom stereocenters. The second-order valence-corrected chi connectivity index (χ2v) is 44.8. The summed E-state index contributed by atoms with van der Waals surface area (Å²) in [6.07, 6.45) is 9.16. The highest BCUT2D eigenvalue weighted by atomic mass is 34.4. The third-order valence-electron chi connectivity index (χ3n) is 6.09. The molecule has 0 aliphatic carbocycles. The van der Waals surface area contributed by atoms with Crippen LogP contribution in [0.15, 0.2) is 0 Å². The average Bonchev–Trinajstić information content (AvgIpc) is 2.76. The molecular formula is C31H68S7. The average molecular weight is 665 g/mol. The van der Waals surface area contributed by atoms with Crippen LogP contribution in [0.1, 0.15) is 142 Å². The van der Waals surface area contributed by atoms with E-state index in [0.29, 0.717) is 15.7 Å². The Morgan fingerprint density at radius 2 is 1.24 bits per heavy atom. The van der Waals surface area contributed by atoms with Crippen LogP contribution < -0.4 is 0 Å². The lowest BCUT2D eigenvalue weighted by Gasteiger charge is -2.82. The Morgan fingerprint density at radius 1 is 0.658 bits per heavy atom. The van der Waals surface area contributed by atoms with Gasteiger partial charge in [0.15, 0.2) is 0 Å². The van der Waals surface area contributed by atoms with Crippen molar-refractivity contribution in [2.75, 3.05) is 23.0 Å². The van der Waals surface area contributed by atoms with Gasteiger partial charge in [0.2, 0.25) is 0 Å². The fourth-order valence-corrected chi connectivity index (χ4v) is 60.6. The van der Waals surface area contributed by atoms with Crippen molar-refractivity contribution in [2.24, 2.45) is 17.3 Å². The minimum Gasteiger partial charge on any atom is -0.146 e. The smallest absolute Gasteiger partial charge is 0.0653 e. The van der Waals surface area contributed by atoms with Crippen LogP contribution in [0, 0.1) is 17.3 Å². The van der Waals surface area contributed by atoms with Gasteiger partial charge in [0, 0.05) is 27.3 Å². The van der Waals surface area contributed by atoms with E-state index in [1.54, 1.807) is 0 Å². The van der Waals surface area contributed by atoms with Crippen LogP contribution in [-0.2, 0) is 0 Å². The van der Waals surface area contributed by atoms with E-state index >= 15 is 0 Å². The van der Waals surface area contributed by atoms with Crippen LogP contribution in [0.5, 0.6) is 0 Å². The van der Waals surface area contributed by atoms with E-state index in [4.69, 9.17) is 0 Å². The Hall–Kier alpha value is 2.45. The summed E-state index contributed by atoms with van der Waals surface area (Å²) in [5, 5.41) is 0.646. The van der Waals surface area contributed by atoms with Crippen LogP contribution in [0.2, 0.25) is 0 Å². The maximum atomic E-state index is 2.59. The number of hydrogen-bond acceptors (Lipinski definition) is 6. The number of thioether (sulfide) groups is 1. The second-order valence-electron chi connectivity index (χ2n) is 13.8. The third kappa shape index (κ3) is 12.2. The van der Waals surface area contributed by atoms with E-state index in [1.165, 1.54) is 68.0 Å². The van der Waals surface area contributed by atoms with E-state index in [0.717, 1.165) is 5.92 Å². The second kappa shape index (κ2) is 17.1. The number of rotatable bonds is 21. The van der Waals surface area contributed by atoms with Crippen molar-refractivity contribution >= 4 is 69.2 Å². The number of unbranched alkanes of at least 4 members (excludes halogenated alkanes) is 3. The molecule has 38 heavy (non-hydrogen) atoms. The molecule has 0 heterocycles. The molecule has 0 nitrogen and oxygen atoms in total. The van der Waals surface area contributed by atoms with Gasteiger partial charge in [-0.2, -0.15) is 0 Å². The Balaban J connectivity index is 7.87. The standard InChI is InChI=1S/C31H68S7/c1-15-18-20-23-33-38(35-25-27(6)7,36-28(8)17-3,37-31(12,13)14,34-24-21-26(4)5)29(30(9,10)11)32-22-19-16-2/h26-29H,15-25H2,1-14H3. The molecular weight excluding hydrogens is 597 g/mol. The molecule has 0 spiro atoms. The molecule has 0 radical (unpaired) electrons. The lowest BCUT2D eigenvalue weighted by Crippen LogP contribution is -2.43. The SMILES string of the molecule is CCCCCSS(SCCC(C)C)(SCC(C)C)(SC(C)CC)(SC(C)(C)C)C(SCCCC)C(C)(C)C. The zero-order valence-corrected chi connectivity index (χ0v) is 33.7. The Kier molecular flexibility index (Phi) is 18.2. The molecule has 0 aromatic heterocycles. The van der Waals surface area contributed by atoms with Gasteiger partial charge in [-0.25, -0.2) is 0 Å². The van der Waals surface area contributed by atoms with Crippen molar-refractivity contribution in [3.8, 4) is 0 Å². The van der Waals surface area contributed by atoms with Crippen LogP contribution in [0.4, 0.5) is 0 Å². The molecule has 0 rings (SSSR count). The van der Waals surface area contributed by atoms with Gasteiger partial charge in [-0.15, -0.1) is 11.8 Å². The van der Waals surface area contributed by atoms with Gasteiger partial charge in [0.1, 0.15) is 0 Å². The highest BCUT2D eigenvalue weighted by Gasteiger charge is 2.72. The van der Waals surface area contributed by atoms with E-state index in [2.05, 4.69) is 163 Å².